The van der Waals surface area contributed by atoms with E-state index in [0.29, 0.717) is 51.1 Å². The van der Waals surface area contributed by atoms with Gasteiger partial charge in [-0.1, -0.05) is 25.1 Å². The van der Waals surface area contributed by atoms with Crippen molar-refractivity contribution in [3.8, 4) is 0 Å². The summed E-state index contributed by atoms with van der Waals surface area (Å²) in [7, 11) is 1.37. The first kappa shape index (κ1) is 21.7. The lowest BCUT2D eigenvalue weighted by Crippen LogP contribution is -2.62. The Bertz CT molecular complexity index is 920. The molecule has 1 amide bonds. The number of aromatic nitrogens is 2. The van der Waals surface area contributed by atoms with Gasteiger partial charge in [0.15, 0.2) is 0 Å². The summed E-state index contributed by atoms with van der Waals surface area (Å²) in [6, 6.07) is 10.7. The van der Waals surface area contributed by atoms with E-state index in [1.54, 1.807) is 16.4 Å². The third-order valence-electron chi connectivity index (χ3n) is 5.69. The minimum absolute atomic E-state index is 0.0882. The Morgan fingerprint density at radius 1 is 1.13 bits per heavy atom. The van der Waals surface area contributed by atoms with Crippen molar-refractivity contribution in [2.24, 2.45) is 0 Å². The maximum Gasteiger partial charge on any atom is 0.332 e. The number of para-hydroxylation sites is 1. The first-order valence-electron chi connectivity index (χ1n) is 10.2. The third-order valence-corrected chi connectivity index (χ3v) is 5.69. The Morgan fingerprint density at radius 2 is 1.83 bits per heavy atom. The lowest BCUT2D eigenvalue weighted by molar-refractivity contribution is -0.151. The number of likely N-dealkylation sites (tertiary alicyclic amines) is 1. The molecule has 0 unspecified atom stereocenters. The average molecular weight is 412 g/mol. The summed E-state index contributed by atoms with van der Waals surface area (Å²) < 4.78 is 6.73. The summed E-state index contributed by atoms with van der Waals surface area (Å²) in [5.74, 6) is -0.502. The second-order valence-corrected chi connectivity index (χ2v) is 7.39. The maximum absolute atomic E-state index is 13.0. The van der Waals surface area contributed by atoms with E-state index in [-0.39, 0.29) is 11.5 Å². The molecule has 2 aromatic rings. The predicted octanol–water partition coefficient (Wildman–Crippen LogP) is 1.69. The largest absolute Gasteiger partial charge is 0.467 e. The minimum Gasteiger partial charge on any atom is -0.467 e. The van der Waals surface area contributed by atoms with E-state index < -0.39 is 11.5 Å². The number of hydrogen-bond acceptors (Lipinski definition) is 6. The first-order valence-corrected chi connectivity index (χ1v) is 10.2. The van der Waals surface area contributed by atoms with Gasteiger partial charge in [-0.05, 0) is 25.0 Å². The minimum atomic E-state index is -1.04. The summed E-state index contributed by atoms with van der Waals surface area (Å²) in [4.78, 5) is 45.6. The van der Waals surface area contributed by atoms with Crippen molar-refractivity contribution in [1.29, 1.82) is 0 Å². The molecule has 0 bridgehead atoms. The highest BCUT2D eigenvalue weighted by atomic mass is 16.5. The molecular weight excluding hydrogens is 384 g/mol. The fourth-order valence-corrected chi connectivity index (χ4v) is 4.02. The number of amides is 1. The van der Waals surface area contributed by atoms with Crippen molar-refractivity contribution in [2.75, 3.05) is 31.6 Å². The molecule has 3 rings (SSSR count). The van der Waals surface area contributed by atoms with Gasteiger partial charge in [0.25, 0.3) is 5.56 Å². The van der Waals surface area contributed by atoms with Crippen LogP contribution in [-0.4, -0.2) is 58.6 Å². The van der Waals surface area contributed by atoms with Crippen LogP contribution in [0, 0.1) is 0 Å². The van der Waals surface area contributed by atoms with E-state index >= 15 is 0 Å². The molecule has 1 saturated heterocycles. The zero-order valence-electron chi connectivity index (χ0n) is 17.5. The quantitative estimate of drug-likeness (QED) is 0.644. The molecule has 1 aromatic carbocycles. The van der Waals surface area contributed by atoms with Crippen LogP contribution in [0.25, 0.3) is 0 Å². The molecule has 0 radical (unpaired) electrons. The van der Waals surface area contributed by atoms with Gasteiger partial charge in [-0.15, -0.1) is 0 Å². The summed E-state index contributed by atoms with van der Waals surface area (Å²) in [6.45, 7) is 4.21. The van der Waals surface area contributed by atoms with Crippen LogP contribution in [0.3, 0.4) is 0 Å². The van der Waals surface area contributed by atoms with Crippen molar-refractivity contribution in [2.45, 2.75) is 38.3 Å². The summed E-state index contributed by atoms with van der Waals surface area (Å²) in [5.41, 5.74) is -0.426. The Morgan fingerprint density at radius 3 is 2.43 bits per heavy atom. The number of ether oxygens (including phenoxy) is 1. The fourth-order valence-electron chi connectivity index (χ4n) is 4.02. The highest BCUT2D eigenvalue weighted by molar-refractivity contribution is 6.02. The van der Waals surface area contributed by atoms with E-state index in [0.717, 1.165) is 0 Å². The molecule has 160 valence electrons. The first-order chi connectivity index (χ1) is 14.5. The van der Waals surface area contributed by atoms with Crippen LogP contribution in [0.5, 0.6) is 0 Å². The predicted molar refractivity (Wildman–Crippen MR) is 113 cm³/mol. The molecular formula is C22H28N4O4. The molecule has 2 heterocycles. The number of rotatable bonds is 7. The number of benzene rings is 1. The van der Waals surface area contributed by atoms with Crippen LogP contribution in [0.15, 0.2) is 53.7 Å². The number of anilines is 1. The SMILES string of the molecule is CCC(=O)N(c1ccccc1)C1(C(=O)OC)CCN(CCn2cnccc2=O)CC1. The molecule has 1 aromatic heterocycles. The van der Waals surface area contributed by atoms with Gasteiger partial charge >= 0.3 is 5.97 Å². The summed E-state index contributed by atoms with van der Waals surface area (Å²) in [5, 5.41) is 0. The van der Waals surface area contributed by atoms with Gasteiger partial charge in [-0.2, -0.15) is 0 Å². The number of nitrogens with zero attached hydrogens (tertiary/aromatic N) is 4. The Hall–Kier alpha value is -3.00. The van der Waals surface area contributed by atoms with Crippen LogP contribution in [0.1, 0.15) is 26.2 Å². The van der Waals surface area contributed by atoms with Gasteiger partial charge in [-0.25, -0.2) is 9.78 Å². The molecule has 0 atom stereocenters. The molecule has 1 fully saturated rings. The number of methoxy groups -OCH3 is 1. The summed E-state index contributed by atoms with van der Waals surface area (Å²) >= 11 is 0. The average Bonchev–Trinajstić information content (AvgIpc) is 2.79. The second-order valence-electron chi connectivity index (χ2n) is 7.39. The maximum atomic E-state index is 13.0. The zero-order valence-corrected chi connectivity index (χ0v) is 17.5. The Balaban J connectivity index is 1.80. The molecule has 8 heteroatoms. The van der Waals surface area contributed by atoms with Gasteiger partial charge in [-0.3, -0.25) is 19.1 Å². The van der Waals surface area contributed by atoms with Crippen LogP contribution in [-0.2, 0) is 20.9 Å². The Kier molecular flexibility index (Phi) is 6.99. The van der Waals surface area contributed by atoms with Crippen molar-refractivity contribution in [3.05, 3.63) is 59.3 Å². The molecule has 30 heavy (non-hydrogen) atoms. The Labute approximate surface area is 176 Å². The highest BCUT2D eigenvalue weighted by Gasteiger charge is 2.49. The number of piperidine rings is 1. The lowest BCUT2D eigenvalue weighted by atomic mass is 9.84. The van der Waals surface area contributed by atoms with Gasteiger partial charge in [0.1, 0.15) is 5.54 Å². The van der Waals surface area contributed by atoms with Crippen LogP contribution < -0.4 is 10.5 Å². The summed E-state index contributed by atoms with van der Waals surface area (Å²) in [6.07, 6.45) is 4.22. The van der Waals surface area contributed by atoms with Crippen LogP contribution in [0.4, 0.5) is 5.69 Å². The van der Waals surface area contributed by atoms with E-state index in [1.807, 2.05) is 30.3 Å². The van der Waals surface area contributed by atoms with E-state index in [4.69, 9.17) is 4.74 Å². The molecule has 0 aliphatic carbocycles. The number of hydrogen-bond donors (Lipinski definition) is 0. The van der Waals surface area contributed by atoms with Gasteiger partial charge in [0, 0.05) is 50.6 Å². The van der Waals surface area contributed by atoms with Crippen molar-refractivity contribution in [1.82, 2.24) is 14.5 Å². The lowest BCUT2D eigenvalue weighted by Gasteiger charge is -2.46. The highest BCUT2D eigenvalue weighted by Crippen LogP contribution is 2.35. The van der Waals surface area contributed by atoms with E-state index in [9.17, 15) is 14.4 Å². The van der Waals surface area contributed by atoms with E-state index in [2.05, 4.69) is 9.88 Å². The monoisotopic (exact) mass is 412 g/mol. The molecule has 1 aliphatic heterocycles. The normalized spacial score (nSPS) is 16.1. The third kappa shape index (κ3) is 4.43. The fraction of sp³-hybridized carbons (Fsp3) is 0.455. The van der Waals surface area contributed by atoms with Crippen molar-refractivity contribution < 1.29 is 14.3 Å². The topological polar surface area (TPSA) is 84.7 Å². The number of esters is 1. The molecule has 0 saturated carbocycles. The molecule has 0 spiro atoms. The van der Waals surface area contributed by atoms with Gasteiger partial charge < -0.3 is 9.64 Å². The van der Waals surface area contributed by atoms with Crippen LogP contribution >= 0.6 is 0 Å². The van der Waals surface area contributed by atoms with Crippen LogP contribution in [0.2, 0.25) is 0 Å². The van der Waals surface area contributed by atoms with E-state index in [1.165, 1.54) is 25.7 Å². The standard InChI is InChI=1S/C22H28N4O4/c1-3-19(27)26(18-7-5-4-6-8-18)22(21(29)30-2)10-13-24(14-11-22)15-16-25-17-23-12-9-20(25)28/h4-9,12,17H,3,10-11,13-16H2,1-2H3. The number of carbonyl (C=O) groups is 2. The molecule has 0 N–H and O–H groups in total. The zero-order chi connectivity index (χ0) is 21.6. The smallest absolute Gasteiger partial charge is 0.332 e. The molecule has 1 aliphatic rings. The van der Waals surface area contributed by atoms with Gasteiger partial charge in [0.05, 0.1) is 13.4 Å². The van der Waals surface area contributed by atoms with Gasteiger partial charge in [0.2, 0.25) is 5.91 Å². The molecule has 8 nitrogen and oxygen atoms in total. The van der Waals surface area contributed by atoms with Crippen molar-refractivity contribution in [3.63, 3.8) is 0 Å². The van der Waals surface area contributed by atoms with Crippen molar-refractivity contribution >= 4 is 17.6 Å². The second kappa shape index (κ2) is 9.67. The number of carbonyl (C=O) groups excluding carboxylic acids is 2.